The van der Waals surface area contributed by atoms with Gasteiger partial charge in [0.1, 0.15) is 11.6 Å². The summed E-state index contributed by atoms with van der Waals surface area (Å²) in [5, 5.41) is 7.72. The highest BCUT2D eigenvalue weighted by molar-refractivity contribution is 6.06. The van der Waals surface area contributed by atoms with E-state index in [-0.39, 0.29) is 17.3 Å². The van der Waals surface area contributed by atoms with Gasteiger partial charge in [0, 0.05) is 31.3 Å². The molecule has 3 aromatic rings. The van der Waals surface area contributed by atoms with Crippen LogP contribution in [0.4, 0.5) is 19.3 Å². The number of hydrogen-bond acceptors (Lipinski definition) is 3. The van der Waals surface area contributed by atoms with Gasteiger partial charge in [-0.15, -0.1) is 0 Å². The van der Waals surface area contributed by atoms with Gasteiger partial charge >= 0.3 is 6.03 Å². The Bertz CT molecular complexity index is 1020. The van der Waals surface area contributed by atoms with Gasteiger partial charge in [-0.1, -0.05) is 0 Å². The lowest BCUT2D eigenvalue weighted by molar-refractivity contribution is 0.102. The summed E-state index contributed by atoms with van der Waals surface area (Å²) in [5.74, 6) is -1.94. The molecular weight excluding hydrogens is 368 g/mol. The van der Waals surface area contributed by atoms with Gasteiger partial charge in [0.05, 0.1) is 23.0 Å². The number of urea groups is 1. The second kappa shape index (κ2) is 8.47. The third kappa shape index (κ3) is 4.43. The highest BCUT2D eigenvalue weighted by atomic mass is 19.1. The van der Waals surface area contributed by atoms with Crippen molar-refractivity contribution >= 4 is 28.7 Å². The second-order valence-electron chi connectivity index (χ2n) is 6.01. The van der Waals surface area contributed by atoms with Gasteiger partial charge in [-0.25, -0.2) is 18.6 Å². The van der Waals surface area contributed by atoms with Crippen molar-refractivity contribution in [2.45, 2.75) is 13.5 Å². The summed E-state index contributed by atoms with van der Waals surface area (Å²) < 4.78 is 28.8. The summed E-state index contributed by atoms with van der Waals surface area (Å²) in [6, 6.07) is 7.46. The zero-order chi connectivity index (χ0) is 20.1. The quantitative estimate of drug-likeness (QED) is 0.608. The number of rotatable bonds is 6. The number of hydrogen-bond donors (Lipinski definition) is 3. The minimum absolute atomic E-state index is 0.230. The van der Waals surface area contributed by atoms with Gasteiger partial charge in [0.25, 0.3) is 5.91 Å². The lowest BCUT2D eigenvalue weighted by Crippen LogP contribution is -2.36. The van der Waals surface area contributed by atoms with Crippen LogP contribution in [-0.2, 0) is 6.54 Å². The van der Waals surface area contributed by atoms with Crippen LogP contribution in [0.2, 0.25) is 0 Å². The van der Waals surface area contributed by atoms with Crippen LogP contribution in [0.25, 0.3) is 11.0 Å². The van der Waals surface area contributed by atoms with Gasteiger partial charge in [-0.05, 0) is 37.3 Å². The molecule has 0 radical (unpaired) electrons. The predicted molar refractivity (Wildman–Crippen MR) is 101 cm³/mol. The minimum Gasteiger partial charge on any atom is -0.338 e. The number of nitrogens with zero attached hydrogens (tertiary/aromatic N) is 2. The standard InChI is InChI=1S/C19H19F2N5O2/c1-2-22-19(28)23-7-8-26-11-24-16-9-12(3-6-17(16)26)18(27)25-15-10-13(20)4-5-14(15)21/h3-6,9-11H,2,7-8H2,1H3,(H,25,27)(H2,22,23,28). The summed E-state index contributed by atoms with van der Waals surface area (Å²) in [6.45, 7) is 3.30. The molecule has 0 atom stereocenters. The monoisotopic (exact) mass is 387 g/mol. The highest BCUT2D eigenvalue weighted by Crippen LogP contribution is 2.19. The number of benzene rings is 2. The zero-order valence-corrected chi connectivity index (χ0v) is 15.1. The maximum absolute atomic E-state index is 13.7. The normalized spacial score (nSPS) is 10.7. The molecule has 0 saturated carbocycles. The van der Waals surface area contributed by atoms with E-state index >= 15 is 0 Å². The average molecular weight is 387 g/mol. The van der Waals surface area contributed by atoms with Crippen LogP contribution >= 0.6 is 0 Å². The summed E-state index contributed by atoms with van der Waals surface area (Å²) in [7, 11) is 0. The highest BCUT2D eigenvalue weighted by Gasteiger charge is 2.12. The van der Waals surface area contributed by atoms with Gasteiger partial charge in [-0.3, -0.25) is 4.79 Å². The van der Waals surface area contributed by atoms with Crippen LogP contribution in [0, 0.1) is 11.6 Å². The number of nitrogens with one attached hydrogen (secondary N) is 3. The molecule has 3 rings (SSSR count). The van der Waals surface area contributed by atoms with Gasteiger partial charge in [-0.2, -0.15) is 0 Å². The van der Waals surface area contributed by atoms with Crippen LogP contribution in [0.5, 0.6) is 0 Å². The molecule has 0 unspecified atom stereocenters. The van der Waals surface area contributed by atoms with Crippen molar-refractivity contribution in [3.63, 3.8) is 0 Å². The second-order valence-corrected chi connectivity index (χ2v) is 6.01. The van der Waals surface area contributed by atoms with Crippen LogP contribution in [0.3, 0.4) is 0 Å². The third-order valence-electron chi connectivity index (χ3n) is 4.04. The van der Waals surface area contributed by atoms with E-state index in [2.05, 4.69) is 20.9 Å². The van der Waals surface area contributed by atoms with E-state index in [0.29, 0.717) is 25.2 Å². The number of carbonyl (C=O) groups excluding carboxylic acids is 2. The maximum atomic E-state index is 13.7. The van der Waals surface area contributed by atoms with Crippen molar-refractivity contribution in [2.24, 2.45) is 0 Å². The lowest BCUT2D eigenvalue weighted by Gasteiger charge is -2.08. The first-order valence-corrected chi connectivity index (χ1v) is 8.71. The first-order chi connectivity index (χ1) is 13.5. The Hall–Kier alpha value is -3.49. The molecule has 28 heavy (non-hydrogen) atoms. The Morgan fingerprint density at radius 3 is 2.71 bits per heavy atom. The number of anilines is 1. The Morgan fingerprint density at radius 1 is 1.11 bits per heavy atom. The predicted octanol–water partition coefficient (Wildman–Crippen LogP) is 2.89. The number of fused-ring (bicyclic) bond motifs is 1. The summed E-state index contributed by atoms with van der Waals surface area (Å²) in [5.41, 5.74) is 1.39. The van der Waals surface area contributed by atoms with E-state index in [9.17, 15) is 18.4 Å². The van der Waals surface area contributed by atoms with Crippen LogP contribution < -0.4 is 16.0 Å². The summed E-state index contributed by atoms with van der Waals surface area (Å²) in [6.07, 6.45) is 1.61. The van der Waals surface area contributed by atoms with Crippen molar-refractivity contribution in [3.05, 3.63) is 59.9 Å². The van der Waals surface area contributed by atoms with Crippen LogP contribution in [-0.4, -0.2) is 34.6 Å². The molecule has 0 aliphatic carbocycles. The van der Waals surface area contributed by atoms with Crippen molar-refractivity contribution in [3.8, 4) is 0 Å². The van der Waals surface area contributed by atoms with Crippen molar-refractivity contribution < 1.29 is 18.4 Å². The van der Waals surface area contributed by atoms with Crippen molar-refractivity contribution in [1.82, 2.24) is 20.2 Å². The molecule has 0 bridgehead atoms. The topological polar surface area (TPSA) is 88.1 Å². The SMILES string of the molecule is CCNC(=O)NCCn1cnc2cc(C(=O)Nc3cc(F)ccc3F)ccc21. The molecule has 3 amide bonds. The molecule has 0 aliphatic heterocycles. The number of aromatic nitrogens is 2. The molecular formula is C19H19F2N5O2. The summed E-state index contributed by atoms with van der Waals surface area (Å²) >= 11 is 0. The molecule has 9 heteroatoms. The zero-order valence-electron chi connectivity index (χ0n) is 15.1. The maximum Gasteiger partial charge on any atom is 0.314 e. The molecule has 2 aromatic carbocycles. The third-order valence-corrected chi connectivity index (χ3v) is 4.04. The first kappa shape index (κ1) is 19.3. The Kier molecular flexibility index (Phi) is 5.83. The molecule has 146 valence electrons. The van der Waals surface area contributed by atoms with E-state index in [0.717, 1.165) is 23.7 Å². The molecule has 0 aliphatic rings. The average Bonchev–Trinajstić information content (AvgIpc) is 3.07. The number of imidazole rings is 1. The number of halogens is 2. The molecule has 1 aromatic heterocycles. The van der Waals surface area contributed by atoms with E-state index in [1.54, 1.807) is 24.5 Å². The molecule has 0 spiro atoms. The molecule has 0 fully saturated rings. The van der Waals surface area contributed by atoms with E-state index in [1.165, 1.54) is 0 Å². The van der Waals surface area contributed by atoms with Gasteiger partial charge in [0.2, 0.25) is 0 Å². The summed E-state index contributed by atoms with van der Waals surface area (Å²) in [4.78, 5) is 28.0. The van der Waals surface area contributed by atoms with E-state index < -0.39 is 17.5 Å². The smallest absolute Gasteiger partial charge is 0.314 e. The van der Waals surface area contributed by atoms with E-state index in [4.69, 9.17) is 0 Å². The fraction of sp³-hybridized carbons (Fsp3) is 0.211. The fourth-order valence-corrected chi connectivity index (χ4v) is 2.68. The number of amides is 3. The molecule has 0 saturated heterocycles. The first-order valence-electron chi connectivity index (χ1n) is 8.71. The Morgan fingerprint density at radius 2 is 1.93 bits per heavy atom. The lowest BCUT2D eigenvalue weighted by atomic mass is 10.1. The number of carbonyl (C=O) groups is 2. The van der Waals surface area contributed by atoms with Crippen LogP contribution in [0.1, 0.15) is 17.3 Å². The molecule has 1 heterocycles. The fourth-order valence-electron chi connectivity index (χ4n) is 2.68. The van der Waals surface area contributed by atoms with Gasteiger partial charge < -0.3 is 20.5 Å². The minimum atomic E-state index is -0.722. The van der Waals surface area contributed by atoms with E-state index in [1.807, 2.05) is 11.5 Å². The van der Waals surface area contributed by atoms with Gasteiger partial charge in [0.15, 0.2) is 0 Å². The van der Waals surface area contributed by atoms with Crippen molar-refractivity contribution in [2.75, 3.05) is 18.4 Å². The van der Waals surface area contributed by atoms with Crippen molar-refractivity contribution in [1.29, 1.82) is 0 Å². The Balaban J connectivity index is 1.70. The molecule has 7 nitrogen and oxygen atoms in total. The van der Waals surface area contributed by atoms with Crippen LogP contribution in [0.15, 0.2) is 42.7 Å². The molecule has 3 N–H and O–H groups in total. The Labute approximate surface area is 159 Å². The largest absolute Gasteiger partial charge is 0.338 e.